The minimum absolute atomic E-state index is 1.22. The number of fused-ring (bicyclic) bond motifs is 7. The van der Waals surface area contributed by atoms with Crippen LogP contribution in [-0.2, 0) is 0 Å². The Kier molecular flexibility index (Phi) is 8.82. The lowest BCUT2D eigenvalue weighted by Gasteiger charge is -2.19. The Hall–Kier alpha value is -8.10. The van der Waals surface area contributed by atoms with Gasteiger partial charge in [-0.3, -0.25) is 0 Å². The molecule has 0 amide bonds. The van der Waals surface area contributed by atoms with Crippen molar-refractivity contribution in [1.82, 2.24) is 0 Å². The highest BCUT2D eigenvalue weighted by molar-refractivity contribution is 7.26. The highest BCUT2D eigenvalue weighted by Gasteiger charge is 2.23. The quantitative estimate of drug-likeness (QED) is 0.146. The Morgan fingerprint density at radius 2 is 0.538 bits per heavy atom. The van der Waals surface area contributed by atoms with Gasteiger partial charge >= 0.3 is 0 Å². The Balaban J connectivity index is 1.05. The first-order valence-electron chi connectivity index (χ1n) is 22.4. The van der Waals surface area contributed by atoms with E-state index in [1.54, 1.807) is 0 Å². The molecular weight excluding hydrogens is 801 g/mol. The van der Waals surface area contributed by atoms with Crippen LogP contribution in [0.25, 0.3) is 130 Å². The monoisotopic (exact) mass is 840 g/mol. The van der Waals surface area contributed by atoms with Gasteiger partial charge in [0, 0.05) is 25.7 Å². The van der Waals surface area contributed by atoms with Crippen molar-refractivity contribution in [2.45, 2.75) is 0 Å². The lowest BCUT2D eigenvalue weighted by atomic mass is 9.84. The molecule has 13 aromatic rings. The lowest BCUT2D eigenvalue weighted by Crippen LogP contribution is -1.92. The SMILES string of the molecule is c1ccc(-c2cccc(-c3c4ccccc4c(-c4cccc5c4sc4cccc(-c6c7ccccc7c(-c7cccc(-c8ccccc8)c7)c7ccccc67)c45)c4ccccc34)c2)cc1. The third kappa shape index (κ3) is 6.05. The zero-order valence-electron chi connectivity index (χ0n) is 35.5. The summed E-state index contributed by atoms with van der Waals surface area (Å²) in [4.78, 5) is 0. The van der Waals surface area contributed by atoms with Gasteiger partial charge in [-0.1, -0.05) is 224 Å². The molecule has 1 heteroatoms. The fraction of sp³-hybridized carbons (Fsp3) is 0. The Labute approximate surface area is 382 Å². The van der Waals surface area contributed by atoms with Crippen molar-refractivity contribution in [1.29, 1.82) is 0 Å². The van der Waals surface area contributed by atoms with Gasteiger partial charge in [-0.25, -0.2) is 0 Å². The largest absolute Gasteiger partial charge is 0.135 e. The van der Waals surface area contributed by atoms with E-state index in [4.69, 9.17) is 0 Å². The maximum absolute atomic E-state index is 2.36. The number of thiophene rings is 1. The molecule has 0 saturated carbocycles. The number of hydrogen-bond donors (Lipinski definition) is 0. The predicted octanol–water partition coefficient (Wildman–Crippen LogP) is 18.7. The van der Waals surface area contributed by atoms with E-state index in [1.807, 2.05) is 11.3 Å². The molecule has 0 fully saturated rings. The maximum Gasteiger partial charge on any atom is 0.0434 e. The van der Waals surface area contributed by atoms with Gasteiger partial charge in [0.1, 0.15) is 0 Å². The molecule has 0 nitrogen and oxygen atoms in total. The molecule has 1 heterocycles. The number of hydrogen-bond acceptors (Lipinski definition) is 1. The standard InChI is InChI=1S/C64H40S/c1-3-19-41(20-4-1)43-23-15-25-45(39-43)59-47-27-7-11-31-51(47)61(52-32-12-8-28-48(52)59)55-35-18-38-58-63(55)57-37-17-36-56(64(57)65-58)62-53-33-13-9-29-49(53)60(50-30-10-14-34-54(50)62)46-26-16-24-44(40-46)42-21-5-2-6-22-42/h1-40H. The van der Waals surface area contributed by atoms with E-state index in [-0.39, 0.29) is 0 Å². The van der Waals surface area contributed by atoms with Gasteiger partial charge in [-0.2, -0.15) is 0 Å². The number of rotatable bonds is 6. The third-order valence-electron chi connectivity index (χ3n) is 13.4. The van der Waals surface area contributed by atoms with Gasteiger partial charge < -0.3 is 0 Å². The molecule has 0 aliphatic rings. The Morgan fingerprint density at radius 1 is 0.215 bits per heavy atom. The van der Waals surface area contributed by atoms with E-state index >= 15 is 0 Å². The number of benzene rings is 12. The van der Waals surface area contributed by atoms with Crippen LogP contribution in [0.4, 0.5) is 0 Å². The van der Waals surface area contributed by atoms with Crippen molar-refractivity contribution in [3.05, 3.63) is 243 Å². The average molecular weight is 841 g/mol. The topological polar surface area (TPSA) is 0 Å². The third-order valence-corrected chi connectivity index (χ3v) is 14.6. The second-order valence-corrected chi connectivity index (χ2v) is 18.1. The molecule has 0 radical (unpaired) electrons. The average Bonchev–Trinajstić information content (AvgIpc) is 3.77. The van der Waals surface area contributed by atoms with E-state index in [0.717, 1.165) is 0 Å². The lowest BCUT2D eigenvalue weighted by molar-refractivity contribution is 1.61. The summed E-state index contributed by atoms with van der Waals surface area (Å²) in [7, 11) is 0. The molecule has 0 spiro atoms. The summed E-state index contributed by atoms with van der Waals surface area (Å²) in [6.45, 7) is 0. The molecule has 0 unspecified atom stereocenters. The molecule has 12 aromatic carbocycles. The summed E-state index contributed by atoms with van der Waals surface area (Å²) in [6.07, 6.45) is 0. The van der Waals surface area contributed by atoms with Gasteiger partial charge in [0.05, 0.1) is 0 Å². The minimum Gasteiger partial charge on any atom is -0.135 e. The van der Waals surface area contributed by atoms with Crippen LogP contribution in [0.15, 0.2) is 243 Å². The highest BCUT2D eigenvalue weighted by atomic mass is 32.1. The van der Waals surface area contributed by atoms with Crippen molar-refractivity contribution in [2.24, 2.45) is 0 Å². The summed E-state index contributed by atoms with van der Waals surface area (Å²) in [5.41, 5.74) is 15.0. The molecule has 0 atom stereocenters. The zero-order chi connectivity index (χ0) is 42.8. The van der Waals surface area contributed by atoms with E-state index in [0.29, 0.717) is 0 Å². The smallest absolute Gasteiger partial charge is 0.0434 e. The van der Waals surface area contributed by atoms with Gasteiger partial charge in [0.15, 0.2) is 0 Å². The first-order chi connectivity index (χ1) is 32.3. The molecule has 0 aliphatic heterocycles. The zero-order valence-corrected chi connectivity index (χ0v) is 36.3. The molecule has 0 N–H and O–H groups in total. The van der Waals surface area contributed by atoms with E-state index in [9.17, 15) is 0 Å². The van der Waals surface area contributed by atoms with Crippen LogP contribution in [0.3, 0.4) is 0 Å². The first-order valence-corrected chi connectivity index (χ1v) is 23.2. The van der Waals surface area contributed by atoms with Crippen LogP contribution in [0.1, 0.15) is 0 Å². The fourth-order valence-corrected chi connectivity index (χ4v) is 11.9. The molecule has 302 valence electrons. The van der Waals surface area contributed by atoms with Crippen LogP contribution in [0.5, 0.6) is 0 Å². The van der Waals surface area contributed by atoms with Gasteiger partial charge in [-0.15, -0.1) is 11.3 Å². The Morgan fingerprint density at radius 3 is 1.00 bits per heavy atom. The Bertz CT molecular complexity index is 3870. The van der Waals surface area contributed by atoms with Gasteiger partial charge in [0.25, 0.3) is 0 Å². The summed E-state index contributed by atoms with van der Waals surface area (Å²) >= 11 is 1.92. The molecular formula is C64H40S. The second kappa shape index (κ2) is 15.3. The van der Waals surface area contributed by atoms with Gasteiger partial charge in [0.2, 0.25) is 0 Å². The predicted molar refractivity (Wildman–Crippen MR) is 282 cm³/mol. The molecule has 0 bridgehead atoms. The van der Waals surface area contributed by atoms with E-state index in [2.05, 4.69) is 243 Å². The van der Waals surface area contributed by atoms with Crippen LogP contribution in [0.2, 0.25) is 0 Å². The molecule has 0 aliphatic carbocycles. The summed E-state index contributed by atoms with van der Waals surface area (Å²) < 4.78 is 2.60. The van der Waals surface area contributed by atoms with Crippen molar-refractivity contribution in [3.63, 3.8) is 0 Å². The van der Waals surface area contributed by atoms with Crippen molar-refractivity contribution >= 4 is 74.6 Å². The molecule has 0 saturated heterocycles. The summed E-state index contributed by atoms with van der Waals surface area (Å²) in [5.74, 6) is 0. The van der Waals surface area contributed by atoms with Crippen molar-refractivity contribution in [2.75, 3.05) is 0 Å². The van der Waals surface area contributed by atoms with E-state index < -0.39 is 0 Å². The van der Waals surface area contributed by atoms with Crippen molar-refractivity contribution < 1.29 is 0 Å². The fourth-order valence-electron chi connectivity index (χ4n) is 10.7. The highest BCUT2D eigenvalue weighted by Crippen LogP contribution is 2.52. The van der Waals surface area contributed by atoms with Crippen LogP contribution >= 0.6 is 11.3 Å². The maximum atomic E-state index is 2.36. The second-order valence-electron chi connectivity index (χ2n) is 17.0. The first kappa shape index (κ1) is 37.5. The molecule has 1 aromatic heterocycles. The van der Waals surface area contributed by atoms with Crippen LogP contribution in [0, 0.1) is 0 Å². The summed E-state index contributed by atoms with van der Waals surface area (Å²) in [5, 5.41) is 12.7. The van der Waals surface area contributed by atoms with E-state index in [1.165, 1.54) is 130 Å². The molecule has 65 heavy (non-hydrogen) atoms. The van der Waals surface area contributed by atoms with Crippen LogP contribution < -0.4 is 0 Å². The minimum atomic E-state index is 1.22. The van der Waals surface area contributed by atoms with Crippen molar-refractivity contribution in [3.8, 4) is 66.8 Å². The molecule has 13 rings (SSSR count). The van der Waals surface area contributed by atoms with Crippen LogP contribution in [-0.4, -0.2) is 0 Å². The van der Waals surface area contributed by atoms with Gasteiger partial charge in [-0.05, 0) is 122 Å². The summed E-state index contributed by atoms with van der Waals surface area (Å²) in [6, 6.07) is 89.6. The normalized spacial score (nSPS) is 11.7.